The van der Waals surface area contributed by atoms with Crippen molar-refractivity contribution in [2.45, 2.75) is 137 Å². The number of ether oxygens (including phenoxy) is 1. The maximum atomic E-state index is 10.7. The third-order valence-electron chi connectivity index (χ3n) is 10.6. The molecule has 0 radical (unpaired) electrons. The van der Waals surface area contributed by atoms with E-state index in [1.165, 1.54) is 11.1 Å². The first-order valence-electron chi connectivity index (χ1n) is 15.7. The molecule has 0 aliphatic rings. The molecule has 2 aromatic rings. The van der Waals surface area contributed by atoms with Crippen molar-refractivity contribution in [2.75, 3.05) is 19.8 Å². The number of hydrogen-bond donors (Lipinski definition) is 3. The van der Waals surface area contributed by atoms with E-state index in [0.29, 0.717) is 0 Å². The maximum Gasteiger partial charge on any atom is 0.136 e. The van der Waals surface area contributed by atoms with Crippen LogP contribution < -0.4 is 4.74 Å². The molecule has 2 rings (SSSR count). The second-order valence-electron chi connectivity index (χ2n) is 14.8. The van der Waals surface area contributed by atoms with Gasteiger partial charge in [-0.05, 0) is 75.7 Å². The summed E-state index contributed by atoms with van der Waals surface area (Å²) in [6.07, 6.45) is 3.08. The fourth-order valence-electron chi connectivity index (χ4n) is 5.21. The molecule has 1 unspecified atom stereocenters. The van der Waals surface area contributed by atoms with Gasteiger partial charge in [0.2, 0.25) is 0 Å². The summed E-state index contributed by atoms with van der Waals surface area (Å²) in [6, 6.07) is 13.0. The van der Waals surface area contributed by atoms with Crippen LogP contribution in [0.2, 0.25) is 0 Å². The smallest absolute Gasteiger partial charge is 0.136 e. The predicted molar refractivity (Wildman–Crippen MR) is 173 cm³/mol. The van der Waals surface area contributed by atoms with Gasteiger partial charge in [0.25, 0.3) is 0 Å². The van der Waals surface area contributed by atoms with Crippen LogP contribution in [0.1, 0.15) is 143 Å². The fourth-order valence-corrected chi connectivity index (χ4v) is 5.21. The maximum absolute atomic E-state index is 10.7. The van der Waals surface area contributed by atoms with Gasteiger partial charge in [-0.15, -0.1) is 0 Å². The van der Waals surface area contributed by atoms with E-state index in [1.807, 2.05) is 0 Å². The Kier molecular flexibility index (Phi) is 11.4. The summed E-state index contributed by atoms with van der Waals surface area (Å²) >= 11 is 0. The molecule has 3 N–H and O–H groups in total. The minimum atomic E-state index is -1.28. The van der Waals surface area contributed by atoms with Crippen molar-refractivity contribution in [3.05, 3.63) is 64.2 Å². The first kappa shape index (κ1) is 35.3. The third kappa shape index (κ3) is 7.20. The summed E-state index contributed by atoms with van der Waals surface area (Å²) in [5.41, 5.74) is 4.02. The molecule has 0 aliphatic heterocycles. The average Bonchev–Trinajstić information content (AvgIpc) is 2.97. The van der Waals surface area contributed by atoms with Crippen LogP contribution in [0, 0.1) is 5.41 Å². The van der Waals surface area contributed by atoms with Gasteiger partial charge < -0.3 is 20.1 Å². The largest absolute Gasteiger partial charge is 0.485 e. The zero-order valence-electron chi connectivity index (χ0n) is 28.2. The molecule has 4 nitrogen and oxygen atoms in total. The lowest BCUT2D eigenvalue weighted by atomic mass is 9.70. The Morgan fingerprint density at radius 3 is 1.37 bits per heavy atom. The van der Waals surface area contributed by atoms with Crippen molar-refractivity contribution in [1.82, 2.24) is 0 Å². The van der Waals surface area contributed by atoms with E-state index in [2.05, 4.69) is 119 Å². The van der Waals surface area contributed by atoms with Crippen LogP contribution in [0.3, 0.4) is 0 Å². The average molecular weight is 569 g/mol. The van der Waals surface area contributed by atoms with Crippen LogP contribution >= 0.6 is 0 Å². The van der Waals surface area contributed by atoms with Crippen LogP contribution in [0.15, 0.2) is 36.4 Å². The summed E-state index contributed by atoms with van der Waals surface area (Å²) in [5, 5.41) is 32.2. The molecule has 4 heteroatoms. The lowest BCUT2D eigenvalue weighted by Crippen LogP contribution is -2.44. The summed E-state index contributed by atoms with van der Waals surface area (Å²) in [4.78, 5) is 0. The van der Waals surface area contributed by atoms with Gasteiger partial charge in [0.1, 0.15) is 11.9 Å². The molecule has 0 saturated heterocycles. The Morgan fingerprint density at radius 1 is 0.561 bits per heavy atom. The molecule has 0 bridgehead atoms. The van der Waals surface area contributed by atoms with Crippen LogP contribution in [0.5, 0.6) is 5.75 Å². The van der Waals surface area contributed by atoms with Gasteiger partial charge in [-0.1, -0.05) is 113 Å². The molecular weight excluding hydrogens is 508 g/mol. The molecule has 2 aromatic carbocycles. The number of rotatable bonds is 15. The van der Waals surface area contributed by atoms with Crippen LogP contribution in [0.25, 0.3) is 0 Å². The van der Waals surface area contributed by atoms with Crippen molar-refractivity contribution in [3.8, 4) is 5.75 Å². The third-order valence-corrected chi connectivity index (χ3v) is 10.6. The van der Waals surface area contributed by atoms with E-state index in [-0.39, 0.29) is 21.7 Å². The van der Waals surface area contributed by atoms with Crippen LogP contribution in [0.4, 0.5) is 0 Å². The lowest BCUT2D eigenvalue weighted by Gasteiger charge is -2.41. The standard InChI is InChI=1S/C37H60O4/c1-13-33(5,6)26-17-19-28(29(21-26)35(9,10)15-3)32(37(23-38,24-39)25-40)41-31-20-18-27(34(7,8)14-2)22-30(31)36(11,12)16-4/h17-22,32,38-40H,13-16,23-25H2,1-12H3. The van der Waals surface area contributed by atoms with Crippen molar-refractivity contribution in [3.63, 3.8) is 0 Å². The highest BCUT2D eigenvalue weighted by Gasteiger charge is 2.44. The highest BCUT2D eigenvalue weighted by atomic mass is 16.5. The van der Waals surface area contributed by atoms with Gasteiger partial charge in [-0.3, -0.25) is 0 Å². The van der Waals surface area contributed by atoms with Gasteiger partial charge in [-0.2, -0.15) is 0 Å². The minimum absolute atomic E-state index is 0.00426. The highest BCUT2D eigenvalue weighted by molar-refractivity contribution is 5.46. The normalized spacial score (nSPS) is 14.3. The Morgan fingerprint density at radius 2 is 0.951 bits per heavy atom. The molecule has 41 heavy (non-hydrogen) atoms. The van der Waals surface area contributed by atoms with Crippen molar-refractivity contribution in [2.24, 2.45) is 5.41 Å². The Balaban J connectivity index is 2.95. The Hall–Kier alpha value is -1.88. The van der Waals surface area contributed by atoms with Crippen LogP contribution in [-0.4, -0.2) is 35.1 Å². The van der Waals surface area contributed by atoms with Gasteiger partial charge in [0, 0.05) is 5.56 Å². The number of aliphatic hydroxyl groups is 3. The second kappa shape index (κ2) is 13.2. The fraction of sp³-hybridized carbons (Fsp3) is 0.676. The van der Waals surface area contributed by atoms with E-state index in [9.17, 15) is 15.3 Å². The number of aliphatic hydroxyl groups excluding tert-OH is 3. The first-order valence-corrected chi connectivity index (χ1v) is 15.7. The van der Waals surface area contributed by atoms with Crippen molar-refractivity contribution >= 4 is 0 Å². The number of hydrogen-bond acceptors (Lipinski definition) is 4. The summed E-state index contributed by atoms with van der Waals surface area (Å²) < 4.78 is 7.01. The molecule has 0 aromatic heterocycles. The molecule has 0 heterocycles. The first-order chi connectivity index (χ1) is 19.0. The Bertz CT molecular complexity index is 1130. The summed E-state index contributed by atoms with van der Waals surface area (Å²) in [7, 11) is 0. The molecule has 1 atom stereocenters. The van der Waals surface area contributed by atoms with Gasteiger partial charge in [0.05, 0.1) is 25.2 Å². The highest BCUT2D eigenvalue weighted by Crippen LogP contribution is 2.47. The molecule has 232 valence electrons. The summed E-state index contributed by atoms with van der Waals surface area (Å²) in [6.45, 7) is 25.5. The van der Waals surface area contributed by atoms with Crippen LogP contribution in [-0.2, 0) is 21.7 Å². The van der Waals surface area contributed by atoms with Crippen molar-refractivity contribution < 1.29 is 20.1 Å². The zero-order valence-corrected chi connectivity index (χ0v) is 28.2. The number of benzene rings is 2. The van der Waals surface area contributed by atoms with Gasteiger partial charge in [-0.25, -0.2) is 0 Å². The Labute approximate surface area is 251 Å². The molecule has 0 aliphatic carbocycles. The molecular formula is C37H60O4. The topological polar surface area (TPSA) is 69.9 Å². The second-order valence-corrected chi connectivity index (χ2v) is 14.8. The molecule has 0 spiro atoms. The minimum Gasteiger partial charge on any atom is -0.485 e. The van der Waals surface area contributed by atoms with Gasteiger partial charge >= 0.3 is 0 Å². The predicted octanol–water partition coefficient (Wildman–Crippen LogP) is 8.52. The monoisotopic (exact) mass is 568 g/mol. The van der Waals surface area contributed by atoms with Crippen molar-refractivity contribution in [1.29, 1.82) is 0 Å². The molecule has 0 fully saturated rings. The lowest BCUT2D eigenvalue weighted by molar-refractivity contribution is -0.0752. The van der Waals surface area contributed by atoms with E-state index in [0.717, 1.165) is 48.1 Å². The molecule has 0 amide bonds. The zero-order chi connectivity index (χ0) is 31.4. The van der Waals surface area contributed by atoms with E-state index in [1.54, 1.807) is 0 Å². The van der Waals surface area contributed by atoms with E-state index < -0.39 is 31.3 Å². The van der Waals surface area contributed by atoms with E-state index in [4.69, 9.17) is 4.74 Å². The molecule has 0 saturated carbocycles. The summed E-state index contributed by atoms with van der Waals surface area (Å²) in [5.74, 6) is 0.732. The quantitative estimate of drug-likeness (QED) is 0.201. The van der Waals surface area contributed by atoms with Gasteiger partial charge in [0.15, 0.2) is 0 Å². The van der Waals surface area contributed by atoms with E-state index >= 15 is 0 Å². The SMILES string of the molecule is CCC(C)(C)c1ccc(OC(c2ccc(C(C)(C)CC)cc2C(C)(C)CC)C(CO)(CO)CO)c(C(C)(C)CC)c1.